The summed E-state index contributed by atoms with van der Waals surface area (Å²) in [6.07, 6.45) is 7.33. The summed E-state index contributed by atoms with van der Waals surface area (Å²) in [6.45, 7) is 1.95. The summed E-state index contributed by atoms with van der Waals surface area (Å²) in [5.41, 5.74) is -0.185. The topological polar surface area (TPSA) is 114 Å². The van der Waals surface area contributed by atoms with Crippen molar-refractivity contribution in [2.45, 2.75) is 56.4 Å². The van der Waals surface area contributed by atoms with E-state index in [0.29, 0.717) is 11.6 Å². The predicted molar refractivity (Wildman–Crippen MR) is 125 cm³/mol. The first-order chi connectivity index (χ1) is 16.9. The van der Waals surface area contributed by atoms with Crippen LogP contribution in [0.5, 0.6) is 0 Å². The molecule has 1 spiro atoms. The van der Waals surface area contributed by atoms with Crippen molar-refractivity contribution in [1.82, 2.24) is 15.4 Å². The number of hydrogen-bond acceptors (Lipinski definition) is 6. The number of hydrogen-bond donors (Lipinski definition) is 2. The van der Waals surface area contributed by atoms with E-state index in [0.717, 1.165) is 31.2 Å². The van der Waals surface area contributed by atoms with Gasteiger partial charge in [-0.2, -0.15) is 0 Å². The van der Waals surface area contributed by atoms with Crippen molar-refractivity contribution in [3.8, 4) is 0 Å². The molecule has 1 aromatic heterocycles. The Balaban J connectivity index is 1.29. The summed E-state index contributed by atoms with van der Waals surface area (Å²) in [5.74, 6) is -1.34. The first kappa shape index (κ1) is 22.0. The number of fused-ring (bicyclic) bond motifs is 1. The van der Waals surface area contributed by atoms with Crippen LogP contribution in [-0.4, -0.2) is 52.1 Å². The van der Waals surface area contributed by atoms with Crippen LogP contribution >= 0.6 is 0 Å². The second-order valence-electron chi connectivity index (χ2n) is 9.98. The molecule has 9 heteroatoms. The Kier molecular flexibility index (Phi) is 5.25. The summed E-state index contributed by atoms with van der Waals surface area (Å²) in [5, 5.41) is 9.75. The van der Waals surface area contributed by atoms with E-state index in [4.69, 9.17) is 9.26 Å². The highest BCUT2D eigenvalue weighted by Gasteiger charge is 2.68. The highest BCUT2D eigenvalue weighted by atomic mass is 16.5. The maximum absolute atomic E-state index is 13.9. The second-order valence-corrected chi connectivity index (χ2v) is 9.98. The summed E-state index contributed by atoms with van der Waals surface area (Å²) in [6, 6.07) is 10.3. The van der Waals surface area contributed by atoms with Gasteiger partial charge in [0.05, 0.1) is 24.5 Å². The molecule has 1 aromatic carbocycles. The van der Waals surface area contributed by atoms with Gasteiger partial charge in [-0.25, -0.2) is 0 Å². The van der Waals surface area contributed by atoms with Crippen LogP contribution in [0.15, 0.2) is 53.1 Å². The zero-order chi connectivity index (χ0) is 24.2. The number of benzene rings is 1. The lowest BCUT2D eigenvalue weighted by atomic mass is 9.77. The number of nitrogens with zero attached hydrogens (tertiary/aromatic N) is 2. The molecule has 2 saturated heterocycles. The molecule has 2 bridgehead atoms. The molecule has 1 aliphatic carbocycles. The van der Waals surface area contributed by atoms with E-state index >= 15 is 0 Å². The molecule has 2 N–H and O–H groups in total. The number of nitrogens with one attached hydrogen (secondary N) is 2. The summed E-state index contributed by atoms with van der Waals surface area (Å²) in [7, 11) is 0. The van der Waals surface area contributed by atoms with Gasteiger partial charge in [0.2, 0.25) is 17.7 Å². The molecule has 182 valence electrons. The molecule has 2 aromatic rings. The van der Waals surface area contributed by atoms with Gasteiger partial charge in [-0.3, -0.25) is 14.4 Å². The molecule has 1 saturated carbocycles. The second kappa shape index (κ2) is 8.34. The molecule has 6 rings (SSSR count). The smallest absolute Gasteiger partial charge is 0.247 e. The monoisotopic (exact) mass is 476 g/mol. The quantitative estimate of drug-likeness (QED) is 0.620. The first-order valence-corrected chi connectivity index (χ1v) is 12.2. The van der Waals surface area contributed by atoms with Crippen LogP contribution in [0.25, 0.3) is 0 Å². The molecule has 4 heterocycles. The molecule has 4 aliphatic rings. The van der Waals surface area contributed by atoms with Gasteiger partial charge in [-0.05, 0) is 25.3 Å². The van der Waals surface area contributed by atoms with Crippen LogP contribution in [0, 0.1) is 18.8 Å². The largest absolute Gasteiger partial charge is 0.360 e. The minimum atomic E-state index is -0.926. The van der Waals surface area contributed by atoms with Crippen molar-refractivity contribution in [3.05, 3.63) is 59.9 Å². The predicted octanol–water partition coefficient (Wildman–Crippen LogP) is 2.50. The van der Waals surface area contributed by atoms with Crippen LogP contribution in [-0.2, 0) is 19.1 Å². The standard InChI is InChI=1S/C26H28N4O5/c1-15-13-19(29-35-15)28-23(31)20-18-11-12-26(34-18)14-30(25(33)21(20)26)22(16-7-3-2-4-8-16)24(32)27-17-9-5-6-10-17/h2-4,7-8,11-13,17-18,20-22H,5-6,9-10,14H2,1H3,(H,27,32)(H,28,29,31)/t18-,20-,21-,22-,26+/m0/s1. The highest BCUT2D eigenvalue weighted by molar-refractivity contribution is 6.00. The van der Waals surface area contributed by atoms with Crippen molar-refractivity contribution in [3.63, 3.8) is 0 Å². The lowest BCUT2D eigenvalue weighted by molar-refractivity contribution is -0.142. The number of aryl methyl sites for hydroxylation is 1. The number of aromatic nitrogens is 1. The van der Waals surface area contributed by atoms with E-state index in [2.05, 4.69) is 15.8 Å². The fourth-order valence-corrected chi connectivity index (χ4v) is 6.14. The number of amides is 3. The Morgan fingerprint density at radius 3 is 2.69 bits per heavy atom. The molecule has 3 fully saturated rings. The Hall–Kier alpha value is -3.46. The van der Waals surface area contributed by atoms with Crippen LogP contribution in [0.4, 0.5) is 5.82 Å². The summed E-state index contributed by atoms with van der Waals surface area (Å²) in [4.78, 5) is 42.3. The Labute approximate surface area is 202 Å². The van der Waals surface area contributed by atoms with Gasteiger partial charge >= 0.3 is 0 Å². The minimum absolute atomic E-state index is 0.125. The highest BCUT2D eigenvalue weighted by Crippen LogP contribution is 2.53. The van der Waals surface area contributed by atoms with Crippen molar-refractivity contribution in [2.24, 2.45) is 11.8 Å². The van der Waals surface area contributed by atoms with Gasteiger partial charge in [0.15, 0.2) is 5.82 Å². The van der Waals surface area contributed by atoms with E-state index in [9.17, 15) is 14.4 Å². The van der Waals surface area contributed by atoms with Crippen LogP contribution in [0.3, 0.4) is 0 Å². The van der Waals surface area contributed by atoms with Gasteiger partial charge < -0.3 is 24.8 Å². The average Bonchev–Trinajstić information content (AvgIpc) is 3.66. The van der Waals surface area contributed by atoms with E-state index in [1.807, 2.05) is 42.5 Å². The molecule has 0 unspecified atom stereocenters. The lowest BCUT2D eigenvalue weighted by Crippen LogP contribution is -2.46. The van der Waals surface area contributed by atoms with E-state index < -0.39 is 29.6 Å². The molecule has 0 radical (unpaired) electrons. The van der Waals surface area contributed by atoms with Gasteiger partial charge in [-0.1, -0.05) is 60.5 Å². The molecule has 3 amide bonds. The maximum atomic E-state index is 13.9. The fraction of sp³-hybridized carbons (Fsp3) is 0.462. The number of rotatable bonds is 6. The summed E-state index contributed by atoms with van der Waals surface area (Å²) >= 11 is 0. The Morgan fingerprint density at radius 2 is 1.97 bits per heavy atom. The van der Waals surface area contributed by atoms with E-state index in [1.165, 1.54) is 0 Å². The van der Waals surface area contributed by atoms with E-state index in [1.54, 1.807) is 17.9 Å². The fourth-order valence-electron chi connectivity index (χ4n) is 6.14. The molecular formula is C26H28N4O5. The van der Waals surface area contributed by atoms with Gasteiger partial charge in [0.1, 0.15) is 17.4 Å². The zero-order valence-corrected chi connectivity index (χ0v) is 19.5. The maximum Gasteiger partial charge on any atom is 0.247 e. The Bertz CT molecular complexity index is 1190. The molecule has 35 heavy (non-hydrogen) atoms. The van der Waals surface area contributed by atoms with Crippen LogP contribution in [0.1, 0.15) is 43.0 Å². The third kappa shape index (κ3) is 3.65. The Morgan fingerprint density at radius 1 is 1.20 bits per heavy atom. The normalized spacial score (nSPS) is 30.0. The number of carbonyl (C=O) groups excluding carboxylic acids is 3. The van der Waals surface area contributed by atoms with Crippen LogP contribution < -0.4 is 10.6 Å². The molecular weight excluding hydrogens is 448 g/mol. The molecule has 5 atom stereocenters. The van der Waals surface area contributed by atoms with E-state index in [-0.39, 0.29) is 30.3 Å². The van der Waals surface area contributed by atoms with Crippen molar-refractivity contribution < 1.29 is 23.6 Å². The van der Waals surface area contributed by atoms with Crippen molar-refractivity contribution in [2.75, 3.05) is 11.9 Å². The number of anilines is 1. The number of carbonyl (C=O) groups is 3. The third-order valence-electron chi connectivity index (χ3n) is 7.69. The number of likely N-dealkylation sites (tertiary alicyclic amines) is 1. The summed E-state index contributed by atoms with van der Waals surface area (Å²) < 4.78 is 11.3. The average molecular weight is 477 g/mol. The number of ether oxygens (including phenoxy) is 1. The van der Waals surface area contributed by atoms with Gasteiger partial charge in [-0.15, -0.1) is 0 Å². The van der Waals surface area contributed by atoms with Crippen molar-refractivity contribution in [1.29, 1.82) is 0 Å². The van der Waals surface area contributed by atoms with Gasteiger partial charge in [0.25, 0.3) is 0 Å². The van der Waals surface area contributed by atoms with Gasteiger partial charge in [0, 0.05) is 12.1 Å². The molecule has 3 aliphatic heterocycles. The lowest BCUT2D eigenvalue weighted by Gasteiger charge is -2.30. The SMILES string of the molecule is Cc1cc(NC(=O)[C@H]2[C@@H]3C=C[C@]4(CN([C@H](C(=O)NC5CCCC5)c5ccccc5)C(=O)[C@H]24)O3)no1. The van der Waals surface area contributed by atoms with Crippen molar-refractivity contribution >= 4 is 23.5 Å². The zero-order valence-electron chi connectivity index (χ0n) is 19.5. The minimum Gasteiger partial charge on any atom is -0.360 e. The third-order valence-corrected chi connectivity index (χ3v) is 7.69. The van der Waals surface area contributed by atoms with Crippen LogP contribution in [0.2, 0.25) is 0 Å². The first-order valence-electron chi connectivity index (χ1n) is 12.2. The molecule has 9 nitrogen and oxygen atoms in total.